The molecule has 7 heteroatoms. The molecule has 0 saturated carbocycles. The molecular formula is C20H21BF4NP. The highest BCUT2D eigenvalue weighted by Crippen LogP contribution is 2.34. The first kappa shape index (κ1) is 21.1. The topological polar surface area (TPSA) is 27.6 Å². The van der Waals surface area contributed by atoms with E-state index in [1.54, 1.807) is 0 Å². The van der Waals surface area contributed by atoms with Crippen LogP contribution in [0.1, 0.15) is 18.5 Å². The van der Waals surface area contributed by atoms with Crippen molar-refractivity contribution in [2.75, 3.05) is 0 Å². The van der Waals surface area contributed by atoms with E-state index >= 15 is 0 Å². The van der Waals surface area contributed by atoms with E-state index in [-0.39, 0.29) is 6.04 Å². The van der Waals surface area contributed by atoms with Crippen LogP contribution in [0.3, 0.4) is 0 Å². The van der Waals surface area contributed by atoms with Crippen LogP contribution in [0, 0.1) is 0 Å². The van der Waals surface area contributed by atoms with Crippen molar-refractivity contribution in [3.05, 3.63) is 90.5 Å². The van der Waals surface area contributed by atoms with E-state index in [0.717, 1.165) is 0 Å². The number of rotatable bonds is 4. The van der Waals surface area contributed by atoms with E-state index in [1.807, 2.05) is 0 Å². The Bertz CT molecular complexity index is 781. The van der Waals surface area contributed by atoms with Gasteiger partial charge < -0.3 is 23.0 Å². The molecule has 0 amide bonds. The maximum Gasteiger partial charge on any atom is 0.673 e. The largest absolute Gasteiger partial charge is 0.673 e. The SMILES string of the molecule is CC([NH3+])c1ccccc1P(c1ccccc1)c1ccccc1.F[B-](F)(F)F. The lowest BCUT2D eigenvalue weighted by atomic mass is 10.1. The summed E-state index contributed by atoms with van der Waals surface area (Å²) in [6, 6.07) is 30.7. The van der Waals surface area contributed by atoms with Crippen molar-refractivity contribution in [1.82, 2.24) is 0 Å². The first-order valence-electron chi connectivity index (χ1n) is 8.47. The molecule has 0 bridgehead atoms. The Balaban J connectivity index is 0.000000465. The Kier molecular flexibility index (Phi) is 7.58. The zero-order valence-electron chi connectivity index (χ0n) is 14.9. The summed E-state index contributed by atoms with van der Waals surface area (Å²) in [5, 5.41) is 4.19. The molecule has 1 nitrogen and oxygen atoms in total. The van der Waals surface area contributed by atoms with Gasteiger partial charge in [0.05, 0.1) is 0 Å². The quantitative estimate of drug-likeness (QED) is 0.394. The van der Waals surface area contributed by atoms with E-state index in [9.17, 15) is 17.3 Å². The monoisotopic (exact) mass is 393 g/mol. The molecule has 0 aliphatic rings. The lowest BCUT2D eigenvalue weighted by Crippen LogP contribution is -2.53. The number of halogens is 4. The van der Waals surface area contributed by atoms with E-state index in [0.29, 0.717) is 0 Å². The maximum absolute atomic E-state index is 9.75. The second-order valence-electron chi connectivity index (χ2n) is 5.96. The Morgan fingerprint density at radius 1 is 0.704 bits per heavy atom. The van der Waals surface area contributed by atoms with Crippen molar-refractivity contribution in [1.29, 1.82) is 0 Å². The van der Waals surface area contributed by atoms with Crippen LogP contribution in [-0.2, 0) is 0 Å². The molecule has 0 fully saturated rings. The zero-order chi connectivity index (χ0) is 19.9. The van der Waals surface area contributed by atoms with E-state index in [2.05, 4.69) is 97.6 Å². The van der Waals surface area contributed by atoms with E-state index in [4.69, 9.17) is 0 Å². The number of hydrogen-bond donors (Lipinski definition) is 1. The van der Waals surface area contributed by atoms with Crippen molar-refractivity contribution in [2.24, 2.45) is 0 Å². The minimum atomic E-state index is -6.00. The molecule has 0 spiro atoms. The average Bonchev–Trinajstić information content (AvgIpc) is 2.63. The third-order valence-corrected chi connectivity index (χ3v) is 6.26. The molecule has 0 saturated heterocycles. The third kappa shape index (κ3) is 6.81. The Morgan fingerprint density at radius 2 is 1.07 bits per heavy atom. The minimum Gasteiger partial charge on any atom is -0.418 e. The predicted octanol–water partition coefficient (Wildman–Crippen LogP) is 4.05. The highest BCUT2D eigenvalue weighted by atomic mass is 31.1. The van der Waals surface area contributed by atoms with Gasteiger partial charge in [-0.1, -0.05) is 84.9 Å². The van der Waals surface area contributed by atoms with Crippen molar-refractivity contribution in [3.63, 3.8) is 0 Å². The van der Waals surface area contributed by atoms with Crippen LogP contribution in [-0.4, -0.2) is 7.25 Å². The second-order valence-corrected chi connectivity index (χ2v) is 8.15. The van der Waals surface area contributed by atoms with Crippen LogP contribution < -0.4 is 21.6 Å². The molecule has 3 aromatic carbocycles. The van der Waals surface area contributed by atoms with Gasteiger partial charge in [-0.15, -0.1) is 0 Å². The summed E-state index contributed by atoms with van der Waals surface area (Å²) in [5.74, 6) is 0. The Labute approximate surface area is 158 Å². The second kappa shape index (κ2) is 9.68. The predicted molar refractivity (Wildman–Crippen MR) is 107 cm³/mol. The van der Waals surface area contributed by atoms with Gasteiger partial charge in [0, 0.05) is 5.56 Å². The molecule has 0 aliphatic heterocycles. The lowest BCUT2D eigenvalue weighted by Gasteiger charge is -2.22. The normalized spacial score (nSPS) is 12.3. The molecule has 142 valence electrons. The zero-order valence-corrected chi connectivity index (χ0v) is 15.8. The molecule has 0 aromatic heterocycles. The molecule has 3 aromatic rings. The molecule has 1 atom stereocenters. The van der Waals surface area contributed by atoms with Gasteiger partial charge in [-0.3, -0.25) is 0 Å². The Morgan fingerprint density at radius 3 is 1.48 bits per heavy atom. The van der Waals surface area contributed by atoms with Gasteiger partial charge in [-0.05, 0) is 30.8 Å². The fourth-order valence-corrected chi connectivity index (χ4v) is 5.27. The van der Waals surface area contributed by atoms with Crippen LogP contribution in [0.5, 0.6) is 0 Å². The fraction of sp³-hybridized carbons (Fsp3) is 0.100. The smallest absolute Gasteiger partial charge is 0.418 e. The highest BCUT2D eigenvalue weighted by Gasteiger charge is 2.21. The van der Waals surface area contributed by atoms with E-state index < -0.39 is 15.2 Å². The van der Waals surface area contributed by atoms with Crippen molar-refractivity contribution in [2.45, 2.75) is 13.0 Å². The summed E-state index contributed by atoms with van der Waals surface area (Å²) < 4.78 is 39.0. The molecule has 0 heterocycles. The first-order valence-corrected chi connectivity index (χ1v) is 9.81. The first-order chi connectivity index (χ1) is 12.8. The summed E-state index contributed by atoms with van der Waals surface area (Å²) in [7, 11) is -6.54. The maximum atomic E-state index is 9.75. The summed E-state index contributed by atoms with van der Waals surface area (Å²) in [6.45, 7) is 2.17. The lowest BCUT2D eigenvalue weighted by molar-refractivity contribution is -0.420. The highest BCUT2D eigenvalue weighted by molar-refractivity contribution is 7.79. The van der Waals surface area contributed by atoms with Gasteiger partial charge in [-0.25, -0.2) is 0 Å². The molecule has 1 unspecified atom stereocenters. The standard InChI is InChI=1S/C20H20NP.BF4/c1-16(21)19-14-8-9-15-20(19)22(17-10-4-2-5-11-17)18-12-6-3-7-13-18;2-1(3,4)5/h2-16H,21H2,1H3;/q;-1/p+1. The van der Waals surface area contributed by atoms with Gasteiger partial charge in [-0.2, -0.15) is 0 Å². The third-order valence-electron chi connectivity index (χ3n) is 3.74. The van der Waals surface area contributed by atoms with Crippen LogP contribution in [0.4, 0.5) is 17.3 Å². The van der Waals surface area contributed by atoms with Crippen molar-refractivity contribution in [3.8, 4) is 0 Å². The molecule has 0 radical (unpaired) electrons. The number of benzene rings is 3. The van der Waals surface area contributed by atoms with Crippen LogP contribution in [0.15, 0.2) is 84.9 Å². The number of hydrogen-bond acceptors (Lipinski definition) is 0. The van der Waals surface area contributed by atoms with Crippen molar-refractivity contribution < 1.29 is 23.0 Å². The summed E-state index contributed by atoms with van der Waals surface area (Å²) >= 11 is 0. The fourth-order valence-electron chi connectivity index (χ4n) is 2.69. The van der Waals surface area contributed by atoms with Crippen LogP contribution in [0.2, 0.25) is 0 Å². The molecular weight excluding hydrogens is 372 g/mol. The molecule has 3 rings (SSSR count). The molecule has 0 aliphatic carbocycles. The summed E-state index contributed by atoms with van der Waals surface area (Å²) in [6.07, 6.45) is 0. The summed E-state index contributed by atoms with van der Waals surface area (Å²) in [4.78, 5) is 0. The van der Waals surface area contributed by atoms with Crippen LogP contribution in [0.25, 0.3) is 0 Å². The minimum absolute atomic E-state index is 0.286. The van der Waals surface area contributed by atoms with Gasteiger partial charge in [0.1, 0.15) is 6.04 Å². The molecule has 27 heavy (non-hydrogen) atoms. The van der Waals surface area contributed by atoms with Gasteiger partial charge in [0.15, 0.2) is 0 Å². The van der Waals surface area contributed by atoms with Crippen LogP contribution >= 0.6 is 7.92 Å². The average molecular weight is 393 g/mol. The summed E-state index contributed by atoms with van der Waals surface area (Å²) in [5.41, 5.74) is 5.60. The Hall–Kier alpha value is -2.17. The number of quaternary nitrogens is 1. The van der Waals surface area contributed by atoms with Crippen molar-refractivity contribution >= 4 is 31.1 Å². The molecule has 3 N–H and O–H groups in total. The van der Waals surface area contributed by atoms with Gasteiger partial charge in [0.25, 0.3) is 0 Å². The van der Waals surface area contributed by atoms with E-state index in [1.165, 1.54) is 21.5 Å². The van der Waals surface area contributed by atoms with Gasteiger partial charge >= 0.3 is 7.25 Å². The van der Waals surface area contributed by atoms with Gasteiger partial charge in [0.2, 0.25) is 0 Å².